The van der Waals surface area contributed by atoms with Gasteiger partial charge >= 0.3 is 6.18 Å². The number of aliphatic hydroxyl groups is 1. The van der Waals surface area contributed by atoms with Crippen LogP contribution < -0.4 is 21.3 Å². The molecule has 0 aliphatic carbocycles. The van der Waals surface area contributed by atoms with Gasteiger partial charge in [-0.25, -0.2) is 0 Å². The van der Waals surface area contributed by atoms with E-state index in [9.17, 15) is 27.9 Å². The van der Waals surface area contributed by atoms with Crippen molar-refractivity contribution in [2.45, 2.75) is 31.7 Å². The normalized spacial score (nSPS) is 12.8. The lowest BCUT2D eigenvalue weighted by Gasteiger charge is -2.23. The van der Waals surface area contributed by atoms with Gasteiger partial charge in [-0.2, -0.15) is 13.2 Å². The molecule has 2 rings (SSSR count). The van der Waals surface area contributed by atoms with Gasteiger partial charge in [0.2, 0.25) is 11.8 Å². The summed E-state index contributed by atoms with van der Waals surface area (Å²) in [5, 5.41) is 14.9. The molecule has 0 bridgehead atoms. The maximum absolute atomic E-state index is 13.1. The Morgan fingerprint density at radius 2 is 1.73 bits per heavy atom. The number of anilines is 2. The first kappa shape index (κ1) is 28.2. The summed E-state index contributed by atoms with van der Waals surface area (Å²) in [7, 11) is 1.62. The molecule has 5 N–H and O–H groups in total. The summed E-state index contributed by atoms with van der Waals surface area (Å²) in [4.78, 5) is 25.4. The number of nitrogens with one attached hydrogen (secondary N) is 2. The molecule has 0 spiro atoms. The number of alkyl halides is 3. The van der Waals surface area contributed by atoms with Crippen LogP contribution in [0.1, 0.15) is 18.1 Å². The lowest BCUT2D eigenvalue weighted by molar-refractivity contribution is -0.137. The summed E-state index contributed by atoms with van der Waals surface area (Å²) in [5.74, 6) is -0.797. The molecule has 2 aromatic rings. The fourth-order valence-corrected chi connectivity index (χ4v) is 2.94. The zero-order chi connectivity index (χ0) is 23.9. The van der Waals surface area contributed by atoms with Gasteiger partial charge in [-0.15, -0.1) is 12.4 Å². The van der Waals surface area contributed by atoms with Crippen LogP contribution in [-0.2, 0) is 22.2 Å². The van der Waals surface area contributed by atoms with Crippen molar-refractivity contribution in [2.24, 2.45) is 5.73 Å². The topological polar surface area (TPSA) is 108 Å². The van der Waals surface area contributed by atoms with Gasteiger partial charge in [0.1, 0.15) is 0 Å². The molecule has 0 aromatic heterocycles. The highest BCUT2D eigenvalue weighted by molar-refractivity contribution is 5.85. The molecular weight excluding hydrogens is 461 g/mol. The van der Waals surface area contributed by atoms with Crippen LogP contribution in [0.25, 0.3) is 0 Å². The standard InChI is InChI=1S/C22H27F3N4O3.ClH/c1-14(26)21(32)28-13-18(30)12-27-20(31)10-15-6-3-4-9-19(15)29(2)17-8-5-7-16(11-17)22(23,24)25;/h3-9,11,14,18,30H,10,12-13,26H2,1-2H3,(H,27,31)(H,28,32);1H/t14-,18?;/m0./s1. The maximum Gasteiger partial charge on any atom is 0.416 e. The van der Waals surface area contributed by atoms with E-state index in [4.69, 9.17) is 5.73 Å². The molecule has 0 saturated heterocycles. The maximum atomic E-state index is 13.1. The van der Waals surface area contributed by atoms with Crippen molar-refractivity contribution in [1.82, 2.24) is 10.6 Å². The molecule has 2 aromatic carbocycles. The van der Waals surface area contributed by atoms with Gasteiger partial charge in [0.05, 0.1) is 24.1 Å². The fourth-order valence-electron chi connectivity index (χ4n) is 2.94. The van der Waals surface area contributed by atoms with Crippen molar-refractivity contribution in [2.75, 3.05) is 25.0 Å². The predicted octanol–water partition coefficient (Wildman–Crippen LogP) is 2.38. The van der Waals surface area contributed by atoms with Crippen LogP contribution in [0.2, 0.25) is 0 Å². The van der Waals surface area contributed by atoms with Crippen molar-refractivity contribution in [3.63, 3.8) is 0 Å². The number of amides is 2. The largest absolute Gasteiger partial charge is 0.416 e. The third-order valence-electron chi connectivity index (χ3n) is 4.73. The van der Waals surface area contributed by atoms with Crippen molar-refractivity contribution >= 4 is 35.6 Å². The second-order valence-electron chi connectivity index (χ2n) is 7.40. The number of benzene rings is 2. The second kappa shape index (κ2) is 12.4. The highest BCUT2D eigenvalue weighted by Crippen LogP contribution is 2.34. The number of carbonyl (C=O) groups excluding carboxylic acids is 2. The number of carbonyl (C=O) groups is 2. The monoisotopic (exact) mass is 488 g/mol. The van der Waals surface area contributed by atoms with E-state index in [1.165, 1.54) is 13.0 Å². The summed E-state index contributed by atoms with van der Waals surface area (Å²) < 4.78 is 39.2. The molecule has 2 amide bonds. The van der Waals surface area contributed by atoms with E-state index < -0.39 is 29.8 Å². The van der Waals surface area contributed by atoms with Gasteiger partial charge < -0.3 is 26.4 Å². The molecule has 7 nitrogen and oxygen atoms in total. The SMILES string of the molecule is C[C@H](N)C(=O)NCC(O)CNC(=O)Cc1ccccc1N(C)c1cccc(C(F)(F)F)c1.Cl. The highest BCUT2D eigenvalue weighted by atomic mass is 35.5. The molecule has 0 saturated carbocycles. The minimum Gasteiger partial charge on any atom is -0.389 e. The number of para-hydroxylation sites is 1. The Morgan fingerprint density at radius 3 is 2.36 bits per heavy atom. The lowest BCUT2D eigenvalue weighted by Crippen LogP contribution is -2.44. The second-order valence-corrected chi connectivity index (χ2v) is 7.40. The van der Waals surface area contributed by atoms with Gasteiger partial charge in [0.15, 0.2) is 0 Å². The van der Waals surface area contributed by atoms with Gasteiger partial charge in [0, 0.05) is 31.5 Å². The molecule has 2 atom stereocenters. The molecule has 0 radical (unpaired) electrons. The molecule has 0 fully saturated rings. The van der Waals surface area contributed by atoms with Crippen LogP contribution in [0, 0.1) is 0 Å². The first-order valence-electron chi connectivity index (χ1n) is 9.96. The van der Waals surface area contributed by atoms with E-state index in [-0.39, 0.29) is 37.8 Å². The van der Waals surface area contributed by atoms with E-state index in [0.29, 0.717) is 16.9 Å². The number of nitrogens with two attached hydrogens (primary N) is 1. The zero-order valence-corrected chi connectivity index (χ0v) is 19.0. The Kier molecular flexibility index (Phi) is 10.6. The molecule has 182 valence electrons. The summed E-state index contributed by atoms with van der Waals surface area (Å²) in [6.45, 7) is 1.37. The van der Waals surface area contributed by atoms with E-state index in [0.717, 1.165) is 12.1 Å². The third-order valence-corrected chi connectivity index (χ3v) is 4.73. The molecule has 0 aliphatic heterocycles. The molecule has 0 heterocycles. The quantitative estimate of drug-likeness (QED) is 0.433. The number of aliphatic hydroxyl groups excluding tert-OH is 1. The van der Waals surface area contributed by atoms with E-state index in [1.54, 1.807) is 42.3 Å². The number of rotatable bonds is 9. The first-order valence-corrected chi connectivity index (χ1v) is 9.96. The van der Waals surface area contributed by atoms with Crippen molar-refractivity contribution in [1.29, 1.82) is 0 Å². The average Bonchev–Trinajstić information content (AvgIpc) is 2.75. The third kappa shape index (κ3) is 8.56. The van der Waals surface area contributed by atoms with E-state index >= 15 is 0 Å². The summed E-state index contributed by atoms with van der Waals surface area (Å²) in [5.41, 5.74) is 6.16. The number of nitrogens with zero attached hydrogens (tertiary/aromatic N) is 1. The van der Waals surface area contributed by atoms with Crippen molar-refractivity contribution in [3.05, 3.63) is 59.7 Å². The highest BCUT2D eigenvalue weighted by Gasteiger charge is 2.30. The van der Waals surface area contributed by atoms with E-state index in [1.807, 2.05) is 0 Å². The lowest BCUT2D eigenvalue weighted by atomic mass is 10.1. The summed E-state index contributed by atoms with van der Waals surface area (Å²) >= 11 is 0. The Balaban J connectivity index is 0.00000544. The smallest absolute Gasteiger partial charge is 0.389 e. The Morgan fingerprint density at radius 1 is 1.09 bits per heavy atom. The number of hydrogen-bond acceptors (Lipinski definition) is 5. The van der Waals surface area contributed by atoms with Crippen LogP contribution in [-0.4, -0.2) is 49.2 Å². The molecular formula is C22H28ClF3N4O3. The van der Waals surface area contributed by atoms with Crippen LogP contribution in [0.3, 0.4) is 0 Å². The molecule has 11 heteroatoms. The fraction of sp³-hybridized carbons (Fsp3) is 0.364. The molecule has 33 heavy (non-hydrogen) atoms. The molecule has 1 unspecified atom stereocenters. The van der Waals surface area contributed by atoms with Crippen LogP contribution in [0.5, 0.6) is 0 Å². The number of halogens is 4. The van der Waals surface area contributed by atoms with Crippen molar-refractivity contribution < 1.29 is 27.9 Å². The minimum atomic E-state index is -4.46. The molecule has 0 aliphatic rings. The van der Waals surface area contributed by atoms with Gasteiger partial charge in [-0.3, -0.25) is 9.59 Å². The minimum absolute atomic E-state index is 0. The predicted molar refractivity (Wildman–Crippen MR) is 123 cm³/mol. The Bertz CT molecular complexity index is 941. The van der Waals surface area contributed by atoms with E-state index in [2.05, 4.69) is 10.6 Å². The van der Waals surface area contributed by atoms with Crippen LogP contribution >= 0.6 is 12.4 Å². The summed E-state index contributed by atoms with van der Waals surface area (Å²) in [6.07, 6.45) is -5.50. The van der Waals surface area contributed by atoms with Crippen LogP contribution in [0.4, 0.5) is 24.5 Å². The average molecular weight is 489 g/mol. The Hall–Kier alpha value is -2.82. The number of hydrogen-bond donors (Lipinski definition) is 4. The Labute approximate surface area is 196 Å². The first-order chi connectivity index (χ1) is 15.0. The van der Waals surface area contributed by atoms with Crippen molar-refractivity contribution in [3.8, 4) is 0 Å². The zero-order valence-electron chi connectivity index (χ0n) is 18.2. The van der Waals surface area contributed by atoms with Gasteiger partial charge in [-0.05, 0) is 36.8 Å². The van der Waals surface area contributed by atoms with Crippen LogP contribution in [0.15, 0.2) is 48.5 Å². The summed E-state index contributed by atoms with van der Waals surface area (Å²) in [6, 6.07) is 11.1. The van der Waals surface area contributed by atoms with Gasteiger partial charge in [0.25, 0.3) is 0 Å². The van der Waals surface area contributed by atoms with Gasteiger partial charge in [-0.1, -0.05) is 24.3 Å².